The maximum atomic E-state index is 4.38. The Morgan fingerprint density at radius 1 is 1.23 bits per heavy atom. The quantitative estimate of drug-likeness (QED) is 0.769. The van der Waals surface area contributed by atoms with E-state index in [1.807, 2.05) is 25.1 Å². The average molecular weight is 178 g/mol. The molecule has 0 saturated carbocycles. The summed E-state index contributed by atoms with van der Waals surface area (Å²) in [6, 6.07) is 6.50. The van der Waals surface area contributed by atoms with Gasteiger partial charge in [-0.3, -0.25) is 0 Å². The molecule has 0 aliphatic heterocycles. The van der Waals surface area contributed by atoms with Gasteiger partial charge >= 0.3 is 0 Å². The highest BCUT2D eigenvalue weighted by molar-refractivity contribution is 5.36. The van der Waals surface area contributed by atoms with E-state index < -0.39 is 0 Å². The van der Waals surface area contributed by atoms with Gasteiger partial charge in [-0.15, -0.1) is 0 Å². The molecule has 0 saturated heterocycles. The van der Waals surface area contributed by atoms with Crippen LogP contribution in [0, 0.1) is 12.8 Å². The van der Waals surface area contributed by atoms with Crippen LogP contribution < -0.4 is 5.32 Å². The Labute approximate surface area is 80.4 Å². The second kappa shape index (κ2) is 4.26. The van der Waals surface area contributed by atoms with Gasteiger partial charge in [0.2, 0.25) is 0 Å². The highest BCUT2D eigenvalue weighted by atomic mass is 15.0. The fourth-order valence-corrected chi connectivity index (χ4v) is 1.02. The Hall–Kier alpha value is -1.05. The maximum absolute atomic E-state index is 4.38. The average Bonchev–Trinajstić information content (AvgIpc) is 2.04. The lowest BCUT2D eigenvalue weighted by Crippen LogP contribution is -2.22. The second-order valence-electron chi connectivity index (χ2n) is 3.84. The Balaban J connectivity index is 2.64. The predicted octanol–water partition coefficient (Wildman–Crippen LogP) is 2.85. The molecule has 0 fully saturated rings. The van der Waals surface area contributed by atoms with E-state index in [0.29, 0.717) is 12.0 Å². The minimum absolute atomic E-state index is 0.467. The lowest BCUT2D eigenvalue weighted by molar-refractivity contribution is 0.558. The third-order valence-electron chi connectivity index (χ3n) is 2.26. The molecule has 1 aromatic rings. The number of aryl methyl sites for hydroxylation is 1. The molecular weight excluding hydrogens is 160 g/mol. The summed E-state index contributed by atoms with van der Waals surface area (Å²) in [7, 11) is 0. The fraction of sp³-hybridized carbons (Fsp3) is 0.545. The molecule has 0 aliphatic carbocycles. The number of nitrogens with zero attached hydrogens (tertiary/aromatic N) is 1. The first-order valence-corrected chi connectivity index (χ1v) is 4.80. The van der Waals surface area contributed by atoms with E-state index in [4.69, 9.17) is 0 Å². The van der Waals surface area contributed by atoms with Crippen LogP contribution in [0.2, 0.25) is 0 Å². The fourth-order valence-electron chi connectivity index (χ4n) is 1.02. The molecule has 1 aromatic heterocycles. The summed E-state index contributed by atoms with van der Waals surface area (Å²) in [6.07, 6.45) is 0. The number of nitrogens with one attached hydrogen (secondary N) is 1. The van der Waals surface area contributed by atoms with E-state index in [2.05, 4.69) is 31.1 Å². The Bertz CT molecular complexity index is 269. The summed E-state index contributed by atoms with van der Waals surface area (Å²) in [6.45, 7) is 8.58. The van der Waals surface area contributed by atoms with Gasteiger partial charge < -0.3 is 5.32 Å². The van der Waals surface area contributed by atoms with Crippen LogP contribution in [0.1, 0.15) is 26.5 Å². The molecule has 0 aliphatic rings. The monoisotopic (exact) mass is 178 g/mol. The Morgan fingerprint density at radius 3 is 2.46 bits per heavy atom. The van der Waals surface area contributed by atoms with Crippen LogP contribution in [-0.4, -0.2) is 11.0 Å². The van der Waals surface area contributed by atoms with Crippen molar-refractivity contribution in [1.82, 2.24) is 4.98 Å². The smallest absolute Gasteiger partial charge is 0.126 e. The molecule has 1 rings (SSSR count). The van der Waals surface area contributed by atoms with Gasteiger partial charge in [0.15, 0.2) is 0 Å². The van der Waals surface area contributed by atoms with Gasteiger partial charge in [-0.05, 0) is 31.9 Å². The lowest BCUT2D eigenvalue weighted by atomic mass is 10.1. The summed E-state index contributed by atoms with van der Waals surface area (Å²) in [5.74, 6) is 1.60. The molecule has 1 unspecified atom stereocenters. The minimum atomic E-state index is 0.467. The number of hydrogen-bond acceptors (Lipinski definition) is 2. The van der Waals surface area contributed by atoms with E-state index in [-0.39, 0.29) is 0 Å². The van der Waals surface area contributed by atoms with Gasteiger partial charge in [0, 0.05) is 11.7 Å². The van der Waals surface area contributed by atoms with Crippen LogP contribution in [0.5, 0.6) is 0 Å². The molecule has 72 valence electrons. The summed E-state index contributed by atoms with van der Waals surface area (Å²) in [4.78, 5) is 4.38. The van der Waals surface area contributed by atoms with Crippen molar-refractivity contribution >= 4 is 5.82 Å². The first-order chi connectivity index (χ1) is 6.09. The number of anilines is 1. The third-order valence-corrected chi connectivity index (χ3v) is 2.26. The van der Waals surface area contributed by atoms with Gasteiger partial charge in [-0.25, -0.2) is 4.98 Å². The molecule has 1 N–H and O–H groups in total. The van der Waals surface area contributed by atoms with Crippen LogP contribution in [0.15, 0.2) is 18.2 Å². The number of hydrogen-bond donors (Lipinski definition) is 1. The SMILES string of the molecule is Cc1cccc(NC(C)C(C)C)n1. The molecule has 0 aromatic carbocycles. The van der Waals surface area contributed by atoms with Crippen molar-refractivity contribution in [3.05, 3.63) is 23.9 Å². The van der Waals surface area contributed by atoms with Gasteiger partial charge in [-0.2, -0.15) is 0 Å². The summed E-state index contributed by atoms with van der Waals surface area (Å²) in [5, 5.41) is 3.37. The Morgan fingerprint density at radius 2 is 1.92 bits per heavy atom. The normalized spacial score (nSPS) is 13.0. The summed E-state index contributed by atoms with van der Waals surface area (Å²) in [5.41, 5.74) is 1.06. The maximum Gasteiger partial charge on any atom is 0.126 e. The zero-order valence-corrected chi connectivity index (χ0v) is 8.83. The molecule has 13 heavy (non-hydrogen) atoms. The Kier molecular flexibility index (Phi) is 3.29. The van der Waals surface area contributed by atoms with E-state index in [9.17, 15) is 0 Å². The van der Waals surface area contributed by atoms with Gasteiger partial charge in [0.25, 0.3) is 0 Å². The van der Waals surface area contributed by atoms with Crippen molar-refractivity contribution in [2.45, 2.75) is 33.7 Å². The van der Waals surface area contributed by atoms with Crippen molar-refractivity contribution in [3.63, 3.8) is 0 Å². The second-order valence-corrected chi connectivity index (χ2v) is 3.84. The molecule has 0 radical (unpaired) electrons. The van der Waals surface area contributed by atoms with E-state index in [0.717, 1.165) is 11.5 Å². The largest absolute Gasteiger partial charge is 0.367 e. The first kappa shape index (κ1) is 10.0. The van der Waals surface area contributed by atoms with Crippen molar-refractivity contribution < 1.29 is 0 Å². The predicted molar refractivity (Wildman–Crippen MR) is 56.9 cm³/mol. The van der Waals surface area contributed by atoms with Crippen molar-refractivity contribution in [2.75, 3.05) is 5.32 Å². The van der Waals surface area contributed by atoms with Gasteiger partial charge in [0.1, 0.15) is 5.82 Å². The van der Waals surface area contributed by atoms with Crippen LogP contribution in [0.25, 0.3) is 0 Å². The van der Waals surface area contributed by atoms with Crippen molar-refractivity contribution in [2.24, 2.45) is 5.92 Å². The molecule has 2 heteroatoms. The van der Waals surface area contributed by atoms with Crippen molar-refractivity contribution in [3.8, 4) is 0 Å². The zero-order valence-electron chi connectivity index (χ0n) is 8.83. The summed E-state index contributed by atoms with van der Waals surface area (Å²) < 4.78 is 0. The standard InChI is InChI=1S/C11H18N2/c1-8(2)10(4)13-11-7-5-6-9(3)12-11/h5-8,10H,1-4H3,(H,12,13). The third kappa shape index (κ3) is 3.05. The molecular formula is C11H18N2. The number of rotatable bonds is 3. The molecule has 1 atom stereocenters. The zero-order chi connectivity index (χ0) is 9.84. The molecule has 0 bridgehead atoms. The molecule has 0 amide bonds. The first-order valence-electron chi connectivity index (χ1n) is 4.80. The number of pyridine rings is 1. The van der Waals surface area contributed by atoms with Crippen LogP contribution in [0.3, 0.4) is 0 Å². The van der Waals surface area contributed by atoms with E-state index >= 15 is 0 Å². The molecule has 1 heterocycles. The number of aromatic nitrogens is 1. The van der Waals surface area contributed by atoms with E-state index in [1.165, 1.54) is 0 Å². The topological polar surface area (TPSA) is 24.9 Å². The van der Waals surface area contributed by atoms with E-state index in [1.54, 1.807) is 0 Å². The van der Waals surface area contributed by atoms with Crippen molar-refractivity contribution in [1.29, 1.82) is 0 Å². The van der Waals surface area contributed by atoms with Crippen LogP contribution in [-0.2, 0) is 0 Å². The lowest BCUT2D eigenvalue weighted by Gasteiger charge is -2.18. The summed E-state index contributed by atoms with van der Waals surface area (Å²) >= 11 is 0. The minimum Gasteiger partial charge on any atom is -0.367 e. The highest BCUT2D eigenvalue weighted by Crippen LogP contribution is 2.09. The highest BCUT2D eigenvalue weighted by Gasteiger charge is 2.06. The van der Waals surface area contributed by atoms with Gasteiger partial charge in [-0.1, -0.05) is 19.9 Å². The van der Waals surface area contributed by atoms with Crippen LogP contribution >= 0.6 is 0 Å². The van der Waals surface area contributed by atoms with Crippen LogP contribution in [0.4, 0.5) is 5.82 Å². The molecule has 2 nitrogen and oxygen atoms in total. The molecule has 0 spiro atoms. The van der Waals surface area contributed by atoms with Gasteiger partial charge in [0.05, 0.1) is 0 Å².